The van der Waals surface area contributed by atoms with Crippen LogP contribution < -0.4 is 5.73 Å². The minimum absolute atomic E-state index is 0.133. The molecule has 3 nitrogen and oxygen atoms in total. The number of nitrogens with two attached hydrogens (primary N) is 1. The first kappa shape index (κ1) is 12.2. The van der Waals surface area contributed by atoms with E-state index in [0.717, 1.165) is 11.1 Å². The smallest absolute Gasteiger partial charge is 0.131 e. The van der Waals surface area contributed by atoms with Crippen molar-refractivity contribution in [2.24, 2.45) is 0 Å². The highest BCUT2D eigenvalue weighted by Gasteiger charge is 2.07. The standard InChI is InChI=1S/C12H10Cl2N2O/c13-10-4-1-7(5-11(10)14)9-3-2-8(6-17)16-12(9)15/h1-5,17H,6H2,(H2,15,16). The summed E-state index contributed by atoms with van der Waals surface area (Å²) in [6.45, 7) is -0.133. The quantitative estimate of drug-likeness (QED) is 0.880. The number of benzene rings is 1. The predicted molar refractivity (Wildman–Crippen MR) is 70.0 cm³/mol. The zero-order valence-electron chi connectivity index (χ0n) is 8.82. The molecule has 0 spiro atoms. The number of pyridine rings is 1. The maximum absolute atomic E-state index is 8.95. The van der Waals surface area contributed by atoms with Crippen LogP contribution in [-0.2, 0) is 6.61 Å². The Hall–Kier alpha value is -1.29. The van der Waals surface area contributed by atoms with Crippen molar-refractivity contribution >= 4 is 29.0 Å². The van der Waals surface area contributed by atoms with E-state index in [-0.39, 0.29) is 6.61 Å². The van der Waals surface area contributed by atoms with Crippen LogP contribution in [0.15, 0.2) is 30.3 Å². The van der Waals surface area contributed by atoms with Gasteiger partial charge in [-0.2, -0.15) is 0 Å². The summed E-state index contributed by atoms with van der Waals surface area (Å²) in [7, 11) is 0. The van der Waals surface area contributed by atoms with E-state index in [4.69, 9.17) is 34.0 Å². The predicted octanol–water partition coefficient (Wildman–Crippen LogP) is 3.13. The Morgan fingerprint density at radius 2 is 1.88 bits per heavy atom. The van der Waals surface area contributed by atoms with Crippen LogP contribution >= 0.6 is 23.2 Å². The van der Waals surface area contributed by atoms with Crippen LogP contribution in [0.4, 0.5) is 5.82 Å². The maximum Gasteiger partial charge on any atom is 0.131 e. The Bertz CT molecular complexity index is 558. The van der Waals surface area contributed by atoms with E-state index >= 15 is 0 Å². The Morgan fingerprint density at radius 1 is 1.12 bits per heavy atom. The number of aliphatic hydroxyl groups is 1. The highest BCUT2D eigenvalue weighted by Crippen LogP contribution is 2.30. The Kier molecular flexibility index (Phi) is 3.52. The molecule has 17 heavy (non-hydrogen) atoms. The van der Waals surface area contributed by atoms with Crippen LogP contribution in [0.5, 0.6) is 0 Å². The topological polar surface area (TPSA) is 59.1 Å². The van der Waals surface area contributed by atoms with Gasteiger partial charge in [-0.25, -0.2) is 4.98 Å². The van der Waals surface area contributed by atoms with Crippen LogP contribution in [0.2, 0.25) is 10.0 Å². The van der Waals surface area contributed by atoms with Gasteiger partial charge >= 0.3 is 0 Å². The maximum atomic E-state index is 8.95. The molecular weight excluding hydrogens is 259 g/mol. The fourth-order valence-corrected chi connectivity index (χ4v) is 1.81. The van der Waals surface area contributed by atoms with Gasteiger partial charge in [-0.05, 0) is 29.8 Å². The highest BCUT2D eigenvalue weighted by atomic mass is 35.5. The molecule has 1 heterocycles. The lowest BCUT2D eigenvalue weighted by Crippen LogP contribution is -1.98. The Morgan fingerprint density at radius 3 is 2.47 bits per heavy atom. The van der Waals surface area contributed by atoms with Gasteiger partial charge in [0.25, 0.3) is 0 Å². The van der Waals surface area contributed by atoms with Crippen LogP contribution in [0, 0.1) is 0 Å². The first-order valence-electron chi connectivity index (χ1n) is 4.93. The summed E-state index contributed by atoms with van der Waals surface area (Å²) in [5.74, 6) is 0.356. The number of hydrogen-bond donors (Lipinski definition) is 2. The monoisotopic (exact) mass is 268 g/mol. The number of anilines is 1. The summed E-state index contributed by atoms with van der Waals surface area (Å²) in [5, 5.41) is 9.91. The molecule has 0 saturated heterocycles. The molecule has 3 N–H and O–H groups in total. The molecule has 0 bridgehead atoms. The van der Waals surface area contributed by atoms with Gasteiger partial charge < -0.3 is 10.8 Å². The van der Waals surface area contributed by atoms with Crippen LogP contribution in [-0.4, -0.2) is 10.1 Å². The molecule has 1 aromatic heterocycles. The molecule has 0 aliphatic carbocycles. The van der Waals surface area contributed by atoms with Crippen molar-refractivity contribution < 1.29 is 5.11 Å². The third-order valence-corrected chi connectivity index (χ3v) is 3.11. The molecule has 1 aromatic carbocycles. The second kappa shape index (κ2) is 4.92. The molecule has 0 unspecified atom stereocenters. The number of aromatic nitrogens is 1. The van der Waals surface area contributed by atoms with E-state index < -0.39 is 0 Å². The van der Waals surface area contributed by atoms with Crippen LogP contribution in [0.1, 0.15) is 5.69 Å². The van der Waals surface area contributed by atoms with Crippen molar-refractivity contribution in [3.8, 4) is 11.1 Å². The largest absolute Gasteiger partial charge is 0.390 e. The van der Waals surface area contributed by atoms with Gasteiger partial charge in [-0.1, -0.05) is 29.3 Å². The van der Waals surface area contributed by atoms with Gasteiger partial charge in [-0.3, -0.25) is 0 Å². The molecule has 5 heteroatoms. The van der Waals surface area contributed by atoms with Gasteiger partial charge in [-0.15, -0.1) is 0 Å². The van der Waals surface area contributed by atoms with E-state index in [2.05, 4.69) is 4.98 Å². The first-order valence-corrected chi connectivity index (χ1v) is 5.69. The summed E-state index contributed by atoms with van der Waals surface area (Å²) >= 11 is 11.8. The second-order valence-corrected chi connectivity index (χ2v) is 4.34. The second-order valence-electron chi connectivity index (χ2n) is 3.52. The summed E-state index contributed by atoms with van der Waals surface area (Å²) in [6.07, 6.45) is 0. The lowest BCUT2D eigenvalue weighted by Gasteiger charge is -2.07. The average Bonchev–Trinajstić information content (AvgIpc) is 2.32. The molecule has 2 aromatic rings. The molecule has 0 aliphatic heterocycles. The van der Waals surface area contributed by atoms with E-state index in [1.165, 1.54) is 0 Å². The van der Waals surface area contributed by atoms with Crippen molar-refractivity contribution in [2.75, 3.05) is 5.73 Å². The molecule has 0 aliphatic rings. The normalized spacial score (nSPS) is 10.5. The molecule has 0 radical (unpaired) electrons. The zero-order chi connectivity index (χ0) is 12.4. The summed E-state index contributed by atoms with van der Waals surface area (Å²) in [4.78, 5) is 4.07. The number of nitrogens with zero attached hydrogens (tertiary/aromatic N) is 1. The van der Waals surface area contributed by atoms with Crippen LogP contribution in [0.25, 0.3) is 11.1 Å². The van der Waals surface area contributed by atoms with Crippen LogP contribution in [0.3, 0.4) is 0 Å². The summed E-state index contributed by atoms with van der Waals surface area (Å²) < 4.78 is 0. The third kappa shape index (κ3) is 2.52. The minimum Gasteiger partial charge on any atom is -0.390 e. The molecular formula is C12H10Cl2N2O. The number of nitrogen functional groups attached to an aromatic ring is 1. The SMILES string of the molecule is Nc1nc(CO)ccc1-c1ccc(Cl)c(Cl)c1. The molecule has 2 rings (SSSR count). The number of hydrogen-bond acceptors (Lipinski definition) is 3. The molecule has 0 atom stereocenters. The molecule has 88 valence electrons. The lowest BCUT2D eigenvalue weighted by atomic mass is 10.1. The van der Waals surface area contributed by atoms with Crippen molar-refractivity contribution in [1.29, 1.82) is 0 Å². The van der Waals surface area contributed by atoms with Crippen molar-refractivity contribution in [2.45, 2.75) is 6.61 Å². The molecule has 0 saturated carbocycles. The van der Waals surface area contributed by atoms with Crippen molar-refractivity contribution in [3.63, 3.8) is 0 Å². The summed E-state index contributed by atoms with van der Waals surface area (Å²) in [6, 6.07) is 8.77. The number of rotatable bonds is 2. The molecule has 0 amide bonds. The van der Waals surface area contributed by atoms with Gasteiger partial charge in [0.15, 0.2) is 0 Å². The Balaban J connectivity index is 2.49. The Labute approximate surface area is 109 Å². The van der Waals surface area contributed by atoms with E-state index in [1.807, 2.05) is 6.07 Å². The first-order chi connectivity index (χ1) is 8.11. The average molecular weight is 269 g/mol. The number of aliphatic hydroxyl groups excluding tert-OH is 1. The lowest BCUT2D eigenvalue weighted by molar-refractivity contribution is 0.277. The van der Waals surface area contributed by atoms with E-state index in [1.54, 1.807) is 24.3 Å². The van der Waals surface area contributed by atoms with Gasteiger partial charge in [0.2, 0.25) is 0 Å². The fraction of sp³-hybridized carbons (Fsp3) is 0.0833. The number of halogens is 2. The highest BCUT2D eigenvalue weighted by molar-refractivity contribution is 6.42. The van der Waals surface area contributed by atoms with Crippen molar-refractivity contribution in [3.05, 3.63) is 46.1 Å². The molecule has 0 fully saturated rings. The zero-order valence-corrected chi connectivity index (χ0v) is 10.3. The third-order valence-electron chi connectivity index (χ3n) is 2.38. The van der Waals surface area contributed by atoms with Gasteiger partial charge in [0.1, 0.15) is 5.82 Å². The van der Waals surface area contributed by atoms with E-state index in [0.29, 0.717) is 21.6 Å². The fourth-order valence-electron chi connectivity index (χ4n) is 1.51. The van der Waals surface area contributed by atoms with Crippen molar-refractivity contribution in [1.82, 2.24) is 4.98 Å². The minimum atomic E-state index is -0.133. The van der Waals surface area contributed by atoms with Gasteiger partial charge in [0.05, 0.1) is 22.3 Å². The van der Waals surface area contributed by atoms with E-state index in [9.17, 15) is 0 Å². The summed E-state index contributed by atoms with van der Waals surface area (Å²) in [5.41, 5.74) is 7.96. The van der Waals surface area contributed by atoms with Gasteiger partial charge in [0, 0.05) is 5.56 Å².